The third kappa shape index (κ3) is 4.44. The van der Waals surface area contributed by atoms with Crippen molar-refractivity contribution < 1.29 is 18.6 Å². The molecule has 3 nitrogen and oxygen atoms in total. The van der Waals surface area contributed by atoms with Crippen molar-refractivity contribution in [1.29, 1.82) is 0 Å². The fraction of sp³-hybridized carbons (Fsp3) is 0.571. The lowest BCUT2D eigenvalue weighted by Crippen LogP contribution is -2.34. The fourth-order valence-electron chi connectivity index (χ4n) is 2.41. The molecule has 0 bridgehead atoms. The minimum atomic E-state index is -2.78. The van der Waals surface area contributed by atoms with Gasteiger partial charge in [0.25, 0.3) is 0 Å². The molecule has 0 radical (unpaired) electrons. The maximum absolute atomic E-state index is 12.1. The lowest BCUT2D eigenvalue weighted by molar-refractivity contribution is -0.0499. The summed E-state index contributed by atoms with van der Waals surface area (Å²) >= 11 is 0. The average Bonchev–Trinajstić information content (AvgIpc) is 2.39. The Balaban J connectivity index is 1.89. The smallest absolute Gasteiger partial charge is 0.387 e. The third-order valence-corrected chi connectivity index (χ3v) is 3.50. The van der Waals surface area contributed by atoms with E-state index in [2.05, 4.69) is 9.64 Å². The third-order valence-electron chi connectivity index (χ3n) is 3.50. The first-order valence-electron chi connectivity index (χ1n) is 6.54. The van der Waals surface area contributed by atoms with Gasteiger partial charge in [-0.2, -0.15) is 8.78 Å². The van der Waals surface area contributed by atoms with Crippen LogP contribution in [0.5, 0.6) is 5.75 Å². The highest BCUT2D eigenvalue weighted by atomic mass is 19.3. The van der Waals surface area contributed by atoms with E-state index in [-0.39, 0.29) is 12.4 Å². The van der Waals surface area contributed by atoms with E-state index in [0.717, 1.165) is 38.0 Å². The van der Waals surface area contributed by atoms with Crippen LogP contribution < -0.4 is 4.74 Å². The molecule has 2 rings (SSSR count). The molecule has 0 aromatic heterocycles. The number of hydrogen-bond acceptors (Lipinski definition) is 3. The fourth-order valence-corrected chi connectivity index (χ4v) is 2.41. The Kier molecular flexibility index (Phi) is 5.10. The molecular formula is C14H19F2NO2. The number of aliphatic hydroxyl groups is 1. The first kappa shape index (κ1) is 14.2. The van der Waals surface area contributed by atoms with E-state index in [9.17, 15) is 8.78 Å². The van der Waals surface area contributed by atoms with Crippen LogP contribution in [0.3, 0.4) is 0 Å². The second kappa shape index (κ2) is 6.82. The summed E-state index contributed by atoms with van der Waals surface area (Å²) in [5, 5.41) is 9.08. The van der Waals surface area contributed by atoms with E-state index < -0.39 is 6.61 Å². The number of piperidine rings is 1. The lowest BCUT2D eigenvalue weighted by atomic mass is 9.97. The molecule has 0 aliphatic carbocycles. The second-order valence-corrected chi connectivity index (χ2v) is 4.93. The average molecular weight is 271 g/mol. The van der Waals surface area contributed by atoms with E-state index in [0.29, 0.717) is 5.92 Å². The predicted molar refractivity (Wildman–Crippen MR) is 68.2 cm³/mol. The lowest BCUT2D eigenvalue weighted by Gasteiger charge is -2.31. The molecular weight excluding hydrogens is 252 g/mol. The van der Waals surface area contributed by atoms with Gasteiger partial charge >= 0.3 is 6.61 Å². The molecule has 5 heteroatoms. The normalized spacial score (nSPS) is 17.9. The van der Waals surface area contributed by atoms with Gasteiger partial charge in [-0.05, 0) is 49.5 Å². The molecule has 19 heavy (non-hydrogen) atoms. The van der Waals surface area contributed by atoms with Crippen LogP contribution in [0.25, 0.3) is 0 Å². The van der Waals surface area contributed by atoms with Crippen molar-refractivity contribution in [3.63, 3.8) is 0 Å². The number of aliphatic hydroxyl groups excluding tert-OH is 1. The molecule has 1 aromatic rings. The summed E-state index contributed by atoms with van der Waals surface area (Å²) in [4.78, 5) is 2.27. The zero-order chi connectivity index (χ0) is 13.7. The van der Waals surface area contributed by atoms with Gasteiger partial charge in [-0.15, -0.1) is 0 Å². The molecule has 0 unspecified atom stereocenters. The Bertz CT molecular complexity index is 393. The van der Waals surface area contributed by atoms with Crippen molar-refractivity contribution in [2.45, 2.75) is 26.0 Å². The topological polar surface area (TPSA) is 32.7 Å². The minimum Gasteiger partial charge on any atom is -0.435 e. The summed E-state index contributed by atoms with van der Waals surface area (Å²) in [5.41, 5.74) is 0.973. The van der Waals surface area contributed by atoms with Crippen LogP contribution in [0.4, 0.5) is 8.78 Å². The Morgan fingerprint density at radius 1 is 1.32 bits per heavy atom. The van der Waals surface area contributed by atoms with Crippen molar-refractivity contribution >= 4 is 0 Å². The van der Waals surface area contributed by atoms with Gasteiger partial charge in [-0.1, -0.05) is 12.1 Å². The number of likely N-dealkylation sites (tertiary alicyclic amines) is 1. The quantitative estimate of drug-likeness (QED) is 0.893. The monoisotopic (exact) mass is 271 g/mol. The highest BCUT2D eigenvalue weighted by molar-refractivity contribution is 5.28. The summed E-state index contributed by atoms with van der Waals surface area (Å²) in [7, 11) is 0. The Morgan fingerprint density at radius 2 is 2.05 bits per heavy atom. The maximum Gasteiger partial charge on any atom is 0.387 e. The molecule has 1 heterocycles. The first-order valence-corrected chi connectivity index (χ1v) is 6.54. The van der Waals surface area contributed by atoms with Gasteiger partial charge in [-0.3, -0.25) is 4.90 Å². The highest BCUT2D eigenvalue weighted by Crippen LogP contribution is 2.21. The maximum atomic E-state index is 12.1. The second-order valence-electron chi connectivity index (χ2n) is 4.93. The van der Waals surface area contributed by atoms with Crippen LogP contribution in [0.2, 0.25) is 0 Å². The van der Waals surface area contributed by atoms with Crippen molar-refractivity contribution in [3.05, 3.63) is 29.8 Å². The van der Waals surface area contributed by atoms with Gasteiger partial charge in [-0.25, -0.2) is 0 Å². The van der Waals surface area contributed by atoms with Crippen LogP contribution in [0, 0.1) is 5.92 Å². The zero-order valence-electron chi connectivity index (χ0n) is 10.8. The number of hydrogen-bond donors (Lipinski definition) is 1. The van der Waals surface area contributed by atoms with Crippen LogP contribution >= 0.6 is 0 Å². The Morgan fingerprint density at radius 3 is 2.68 bits per heavy atom. The van der Waals surface area contributed by atoms with E-state index in [1.165, 1.54) is 6.07 Å². The van der Waals surface area contributed by atoms with Gasteiger partial charge in [0.15, 0.2) is 0 Å². The summed E-state index contributed by atoms with van der Waals surface area (Å²) in [6.45, 7) is 0.0797. The van der Waals surface area contributed by atoms with Crippen LogP contribution in [-0.4, -0.2) is 36.3 Å². The number of halogens is 2. The summed E-state index contributed by atoms with van der Waals surface area (Å²) < 4.78 is 28.7. The minimum absolute atomic E-state index is 0.206. The molecule has 1 aromatic carbocycles. The van der Waals surface area contributed by atoms with E-state index in [1.807, 2.05) is 6.07 Å². The van der Waals surface area contributed by atoms with Gasteiger partial charge in [0, 0.05) is 13.2 Å². The van der Waals surface area contributed by atoms with Crippen molar-refractivity contribution in [3.8, 4) is 5.75 Å². The number of rotatable bonds is 5. The molecule has 0 spiro atoms. The Labute approximate surface area is 111 Å². The SMILES string of the molecule is OCC1CCN(Cc2cccc(OC(F)F)c2)CC1. The van der Waals surface area contributed by atoms with Gasteiger partial charge in [0.05, 0.1) is 0 Å². The summed E-state index contributed by atoms with van der Waals surface area (Å²) in [6, 6.07) is 6.84. The standard InChI is InChI=1S/C14H19F2NO2/c15-14(16)19-13-3-1-2-12(8-13)9-17-6-4-11(10-18)5-7-17/h1-3,8,11,14,18H,4-7,9-10H2. The molecule has 0 saturated carbocycles. The number of ether oxygens (including phenoxy) is 1. The van der Waals surface area contributed by atoms with Crippen LogP contribution in [0.1, 0.15) is 18.4 Å². The van der Waals surface area contributed by atoms with Gasteiger partial charge in [0.2, 0.25) is 0 Å². The Hall–Kier alpha value is -1.20. The van der Waals surface area contributed by atoms with Crippen molar-refractivity contribution in [2.24, 2.45) is 5.92 Å². The number of nitrogens with zero attached hydrogens (tertiary/aromatic N) is 1. The molecule has 1 aliphatic heterocycles. The van der Waals surface area contributed by atoms with Gasteiger partial charge in [0.1, 0.15) is 5.75 Å². The zero-order valence-corrected chi connectivity index (χ0v) is 10.8. The molecule has 0 atom stereocenters. The molecule has 1 saturated heterocycles. The van der Waals surface area contributed by atoms with E-state index >= 15 is 0 Å². The molecule has 1 aliphatic rings. The van der Waals surface area contributed by atoms with Crippen molar-refractivity contribution in [2.75, 3.05) is 19.7 Å². The molecule has 0 amide bonds. The largest absolute Gasteiger partial charge is 0.435 e. The molecule has 106 valence electrons. The number of benzene rings is 1. The van der Waals surface area contributed by atoms with Crippen LogP contribution in [0.15, 0.2) is 24.3 Å². The highest BCUT2D eigenvalue weighted by Gasteiger charge is 2.18. The van der Waals surface area contributed by atoms with Crippen LogP contribution in [-0.2, 0) is 6.54 Å². The predicted octanol–water partition coefficient (Wildman–Crippen LogP) is 2.49. The van der Waals surface area contributed by atoms with Gasteiger partial charge < -0.3 is 9.84 Å². The van der Waals surface area contributed by atoms with E-state index in [1.54, 1.807) is 12.1 Å². The molecule has 1 N–H and O–H groups in total. The number of alkyl halides is 2. The van der Waals surface area contributed by atoms with Crippen molar-refractivity contribution in [1.82, 2.24) is 4.90 Å². The first-order chi connectivity index (χ1) is 9.17. The van der Waals surface area contributed by atoms with E-state index in [4.69, 9.17) is 5.11 Å². The summed E-state index contributed by atoms with van der Waals surface area (Å²) in [6.07, 6.45) is 1.98. The molecule has 1 fully saturated rings. The summed E-state index contributed by atoms with van der Waals surface area (Å²) in [5.74, 6) is 0.613.